The summed E-state index contributed by atoms with van der Waals surface area (Å²) in [5.74, 6) is 0.760. The molecule has 3 N–H and O–H groups in total. The average Bonchev–Trinajstić information content (AvgIpc) is 3.06. The van der Waals surface area contributed by atoms with Gasteiger partial charge >= 0.3 is 0 Å². The fourth-order valence-corrected chi connectivity index (χ4v) is 2.40. The molecule has 0 aromatic carbocycles. The summed E-state index contributed by atoms with van der Waals surface area (Å²) in [6, 6.07) is 1.95. The van der Waals surface area contributed by atoms with Crippen LogP contribution in [0.25, 0.3) is 0 Å². The summed E-state index contributed by atoms with van der Waals surface area (Å²) >= 11 is 1.27. The van der Waals surface area contributed by atoms with Crippen LogP contribution in [0.3, 0.4) is 0 Å². The minimum Gasteiger partial charge on any atom is -0.329 e. The number of nitrogens with zero attached hydrogens (tertiary/aromatic N) is 6. The molecule has 2 heterocycles. The minimum atomic E-state index is -0.135. The van der Waals surface area contributed by atoms with Crippen LogP contribution in [0.1, 0.15) is 19.9 Å². The number of hydrogen-bond acceptors (Lipinski definition) is 7. The van der Waals surface area contributed by atoms with Crippen molar-refractivity contribution < 1.29 is 4.79 Å². The first-order valence-electron chi connectivity index (χ1n) is 6.54. The normalized spacial score (nSPS) is 11.0. The predicted octanol–water partition coefficient (Wildman–Crippen LogP) is 0.140. The van der Waals surface area contributed by atoms with Crippen LogP contribution in [0.15, 0.2) is 17.4 Å². The summed E-state index contributed by atoms with van der Waals surface area (Å²) < 4.78 is 3.33. The Morgan fingerprint density at radius 3 is 3.05 bits per heavy atom. The van der Waals surface area contributed by atoms with Gasteiger partial charge in [0.25, 0.3) is 0 Å². The Kier molecular flexibility index (Phi) is 5.28. The number of carbonyl (C=O) groups is 1. The molecule has 21 heavy (non-hydrogen) atoms. The number of aromatic nitrogens is 6. The van der Waals surface area contributed by atoms with E-state index in [-0.39, 0.29) is 17.7 Å². The number of rotatable bonds is 7. The van der Waals surface area contributed by atoms with E-state index in [1.165, 1.54) is 11.8 Å². The lowest BCUT2D eigenvalue weighted by molar-refractivity contribution is -0.113. The molecule has 0 radical (unpaired) electrons. The van der Waals surface area contributed by atoms with Crippen LogP contribution < -0.4 is 11.1 Å². The molecule has 0 spiro atoms. The molecule has 2 aromatic heterocycles. The Hall–Kier alpha value is -1.94. The van der Waals surface area contributed by atoms with Gasteiger partial charge in [0.15, 0.2) is 0 Å². The zero-order valence-corrected chi connectivity index (χ0v) is 12.7. The molecule has 0 aliphatic carbocycles. The van der Waals surface area contributed by atoms with Crippen LogP contribution in [0.2, 0.25) is 0 Å². The van der Waals surface area contributed by atoms with E-state index < -0.39 is 0 Å². The van der Waals surface area contributed by atoms with Gasteiger partial charge in [-0.1, -0.05) is 11.8 Å². The first-order valence-corrected chi connectivity index (χ1v) is 7.52. The number of thioether (sulfide) groups is 1. The molecule has 0 aliphatic heterocycles. The second kappa shape index (κ2) is 7.18. The van der Waals surface area contributed by atoms with Crippen molar-refractivity contribution in [1.82, 2.24) is 30.0 Å². The molecule has 2 aromatic rings. The summed E-state index contributed by atoms with van der Waals surface area (Å²) in [4.78, 5) is 12.0. The summed E-state index contributed by atoms with van der Waals surface area (Å²) in [5, 5.41) is 18.8. The molecule has 9 nitrogen and oxygen atoms in total. The molecule has 0 bridgehead atoms. The van der Waals surface area contributed by atoms with Crippen LogP contribution >= 0.6 is 11.8 Å². The molecular formula is C11H18N8OS. The highest BCUT2D eigenvalue weighted by Gasteiger charge is 2.12. The van der Waals surface area contributed by atoms with Gasteiger partial charge in [-0.15, -0.1) is 5.10 Å². The first-order chi connectivity index (χ1) is 10.1. The number of carbonyl (C=O) groups excluding carboxylic acids is 1. The van der Waals surface area contributed by atoms with Crippen molar-refractivity contribution in [2.75, 3.05) is 17.6 Å². The zero-order valence-electron chi connectivity index (χ0n) is 11.9. The van der Waals surface area contributed by atoms with Gasteiger partial charge in [-0.05, 0) is 24.3 Å². The van der Waals surface area contributed by atoms with Crippen molar-refractivity contribution in [1.29, 1.82) is 0 Å². The van der Waals surface area contributed by atoms with E-state index in [0.29, 0.717) is 24.1 Å². The summed E-state index contributed by atoms with van der Waals surface area (Å²) in [5.41, 5.74) is 5.47. The summed E-state index contributed by atoms with van der Waals surface area (Å²) in [7, 11) is 0. The fraction of sp³-hybridized carbons (Fsp3) is 0.545. The van der Waals surface area contributed by atoms with E-state index >= 15 is 0 Å². The third-order valence-corrected chi connectivity index (χ3v) is 3.56. The number of nitrogens with two attached hydrogens (primary N) is 1. The van der Waals surface area contributed by atoms with Gasteiger partial charge in [-0.25, -0.2) is 9.36 Å². The largest absolute Gasteiger partial charge is 0.329 e. The van der Waals surface area contributed by atoms with Gasteiger partial charge in [0.1, 0.15) is 5.82 Å². The molecule has 0 aliphatic rings. The molecule has 0 saturated heterocycles. The van der Waals surface area contributed by atoms with E-state index in [9.17, 15) is 4.79 Å². The van der Waals surface area contributed by atoms with Gasteiger partial charge < -0.3 is 11.1 Å². The topological polar surface area (TPSA) is 117 Å². The predicted molar refractivity (Wildman–Crippen MR) is 78.8 cm³/mol. The second-order valence-electron chi connectivity index (χ2n) is 4.56. The standard InChI is InChI=1S/C11H18N8OS/c1-8(2)19-9(3-5-13-19)14-10(20)7-21-11-15-16-17-18(11)6-4-12/h3,5,8H,4,6-7,12H2,1-2H3,(H,14,20). The van der Waals surface area contributed by atoms with Crippen LogP contribution in [-0.2, 0) is 11.3 Å². The van der Waals surface area contributed by atoms with E-state index in [1.54, 1.807) is 21.6 Å². The Bertz CT molecular complexity index is 593. The Morgan fingerprint density at radius 1 is 1.52 bits per heavy atom. The monoisotopic (exact) mass is 310 g/mol. The lowest BCUT2D eigenvalue weighted by Crippen LogP contribution is -2.19. The Balaban J connectivity index is 1.90. The highest BCUT2D eigenvalue weighted by atomic mass is 32.2. The molecule has 2 rings (SSSR count). The molecule has 0 unspecified atom stereocenters. The SMILES string of the molecule is CC(C)n1nccc1NC(=O)CSc1nnnn1CCN. The highest BCUT2D eigenvalue weighted by molar-refractivity contribution is 7.99. The third-order valence-electron chi connectivity index (χ3n) is 2.60. The van der Waals surface area contributed by atoms with Crippen molar-refractivity contribution in [3.05, 3.63) is 12.3 Å². The number of hydrogen-bond donors (Lipinski definition) is 2. The third kappa shape index (κ3) is 4.02. The minimum absolute atomic E-state index is 0.135. The van der Waals surface area contributed by atoms with E-state index in [1.807, 2.05) is 13.8 Å². The summed E-state index contributed by atoms with van der Waals surface area (Å²) in [6.07, 6.45) is 1.66. The van der Waals surface area contributed by atoms with Crippen LogP contribution in [-0.4, -0.2) is 48.2 Å². The highest BCUT2D eigenvalue weighted by Crippen LogP contribution is 2.16. The second-order valence-corrected chi connectivity index (χ2v) is 5.51. The number of tetrazole rings is 1. The van der Waals surface area contributed by atoms with E-state index in [2.05, 4.69) is 25.9 Å². The fourth-order valence-electron chi connectivity index (χ4n) is 1.70. The molecule has 0 saturated carbocycles. The molecule has 0 fully saturated rings. The lowest BCUT2D eigenvalue weighted by atomic mass is 10.4. The van der Waals surface area contributed by atoms with Gasteiger partial charge in [0.05, 0.1) is 18.5 Å². The zero-order chi connectivity index (χ0) is 15.2. The van der Waals surface area contributed by atoms with Gasteiger partial charge in [-0.3, -0.25) is 4.79 Å². The van der Waals surface area contributed by atoms with E-state index in [0.717, 1.165) is 0 Å². The average molecular weight is 310 g/mol. The quantitative estimate of drug-likeness (QED) is 0.699. The van der Waals surface area contributed by atoms with E-state index in [4.69, 9.17) is 5.73 Å². The van der Waals surface area contributed by atoms with Crippen molar-refractivity contribution >= 4 is 23.5 Å². The van der Waals surface area contributed by atoms with Crippen LogP contribution in [0, 0.1) is 0 Å². The lowest BCUT2D eigenvalue weighted by Gasteiger charge is -2.11. The van der Waals surface area contributed by atoms with Crippen molar-refractivity contribution in [3.63, 3.8) is 0 Å². The van der Waals surface area contributed by atoms with Crippen molar-refractivity contribution in [2.24, 2.45) is 5.73 Å². The Morgan fingerprint density at radius 2 is 2.33 bits per heavy atom. The maximum Gasteiger partial charge on any atom is 0.235 e. The maximum atomic E-state index is 12.0. The van der Waals surface area contributed by atoms with Gasteiger partial charge in [-0.2, -0.15) is 5.10 Å². The van der Waals surface area contributed by atoms with Gasteiger partial charge in [0.2, 0.25) is 11.1 Å². The Labute approximate surface area is 126 Å². The first kappa shape index (κ1) is 15.4. The molecular weight excluding hydrogens is 292 g/mol. The van der Waals surface area contributed by atoms with Crippen LogP contribution in [0.5, 0.6) is 0 Å². The van der Waals surface area contributed by atoms with Gasteiger partial charge in [0, 0.05) is 18.7 Å². The molecule has 1 amide bonds. The molecule has 10 heteroatoms. The van der Waals surface area contributed by atoms with Crippen molar-refractivity contribution in [2.45, 2.75) is 31.6 Å². The maximum absolute atomic E-state index is 12.0. The van der Waals surface area contributed by atoms with Crippen LogP contribution in [0.4, 0.5) is 5.82 Å². The smallest absolute Gasteiger partial charge is 0.235 e. The number of nitrogens with one attached hydrogen (secondary N) is 1. The number of anilines is 1. The summed E-state index contributed by atoms with van der Waals surface area (Å²) in [6.45, 7) is 4.96. The molecule has 0 atom stereocenters. The number of amides is 1. The molecule has 114 valence electrons. The van der Waals surface area contributed by atoms with Crippen molar-refractivity contribution in [3.8, 4) is 0 Å².